The topological polar surface area (TPSA) is 72.5 Å². The lowest BCUT2D eigenvalue weighted by Crippen LogP contribution is -2.38. The lowest BCUT2D eigenvalue weighted by Gasteiger charge is -2.19. The summed E-state index contributed by atoms with van der Waals surface area (Å²) in [6.07, 6.45) is 4.27. The van der Waals surface area contributed by atoms with Gasteiger partial charge in [-0.15, -0.1) is 24.0 Å². The lowest BCUT2D eigenvalue weighted by molar-refractivity contribution is -0.128. The molecule has 3 N–H and O–H groups in total. The number of hydrogen-bond acceptors (Lipinski definition) is 2. The fourth-order valence-electron chi connectivity index (χ4n) is 4.03. The summed E-state index contributed by atoms with van der Waals surface area (Å²) >= 11 is 0. The summed E-state index contributed by atoms with van der Waals surface area (Å²) in [6.45, 7) is 2.78. The number of carbonyl (C=O) groups excluding carboxylic acids is 1. The fraction of sp³-hybridized carbons (Fsp3) is 0.333. The number of H-pyrrole nitrogens is 1. The zero-order chi connectivity index (χ0) is 21.6. The summed E-state index contributed by atoms with van der Waals surface area (Å²) in [6, 6.07) is 13.0. The van der Waals surface area contributed by atoms with Gasteiger partial charge in [0.2, 0.25) is 5.91 Å². The molecular formula is C24H29FIN5O. The number of amides is 1. The van der Waals surface area contributed by atoms with Crippen LogP contribution >= 0.6 is 24.0 Å². The second-order valence-corrected chi connectivity index (χ2v) is 7.79. The number of nitrogens with zero attached hydrogens (tertiary/aromatic N) is 2. The van der Waals surface area contributed by atoms with Crippen molar-refractivity contribution in [2.45, 2.75) is 32.4 Å². The summed E-state index contributed by atoms with van der Waals surface area (Å²) < 4.78 is 13.6. The first-order valence-corrected chi connectivity index (χ1v) is 10.7. The number of aromatic nitrogens is 1. The molecular weight excluding hydrogens is 520 g/mol. The molecule has 32 heavy (non-hydrogen) atoms. The van der Waals surface area contributed by atoms with Gasteiger partial charge in [-0.3, -0.25) is 9.79 Å². The van der Waals surface area contributed by atoms with E-state index in [2.05, 4.69) is 32.7 Å². The smallest absolute Gasteiger partial charge is 0.222 e. The van der Waals surface area contributed by atoms with Gasteiger partial charge in [0.05, 0.1) is 0 Å². The van der Waals surface area contributed by atoms with Crippen molar-refractivity contribution < 1.29 is 9.18 Å². The minimum Gasteiger partial charge on any atom is -0.361 e. The SMILES string of the molecule is CN=C(NCCc1c[nH]c2ccc(F)cc12)NCc1ccccc1CN1CCCC1=O.I. The van der Waals surface area contributed by atoms with Crippen molar-refractivity contribution in [3.8, 4) is 0 Å². The van der Waals surface area contributed by atoms with Gasteiger partial charge >= 0.3 is 0 Å². The molecule has 0 saturated carbocycles. The monoisotopic (exact) mass is 549 g/mol. The van der Waals surface area contributed by atoms with Crippen LogP contribution in [0.4, 0.5) is 4.39 Å². The Morgan fingerprint density at radius 1 is 1.16 bits per heavy atom. The van der Waals surface area contributed by atoms with Crippen LogP contribution in [-0.4, -0.2) is 41.9 Å². The van der Waals surface area contributed by atoms with Crippen LogP contribution in [-0.2, 0) is 24.3 Å². The number of hydrogen-bond donors (Lipinski definition) is 3. The number of nitrogens with one attached hydrogen (secondary N) is 3. The van der Waals surface area contributed by atoms with E-state index in [9.17, 15) is 9.18 Å². The van der Waals surface area contributed by atoms with E-state index in [1.807, 2.05) is 23.2 Å². The molecule has 2 aromatic carbocycles. The van der Waals surface area contributed by atoms with Gasteiger partial charge in [0, 0.05) is 56.7 Å². The van der Waals surface area contributed by atoms with Crippen LogP contribution in [0, 0.1) is 5.82 Å². The average Bonchev–Trinajstić information content (AvgIpc) is 3.37. The Labute approximate surface area is 204 Å². The largest absolute Gasteiger partial charge is 0.361 e. The van der Waals surface area contributed by atoms with Crippen LogP contribution < -0.4 is 10.6 Å². The Morgan fingerprint density at radius 3 is 2.72 bits per heavy atom. The van der Waals surface area contributed by atoms with Gasteiger partial charge in [-0.1, -0.05) is 24.3 Å². The van der Waals surface area contributed by atoms with Crippen molar-refractivity contribution in [2.24, 2.45) is 4.99 Å². The fourth-order valence-corrected chi connectivity index (χ4v) is 4.03. The van der Waals surface area contributed by atoms with Crippen LogP contribution in [0.3, 0.4) is 0 Å². The zero-order valence-electron chi connectivity index (χ0n) is 18.2. The molecule has 1 aliphatic heterocycles. The van der Waals surface area contributed by atoms with Gasteiger partial charge in [0.1, 0.15) is 5.82 Å². The number of carbonyl (C=O) groups is 1. The first-order valence-electron chi connectivity index (χ1n) is 10.7. The van der Waals surface area contributed by atoms with Crippen LogP contribution in [0.25, 0.3) is 10.9 Å². The number of fused-ring (bicyclic) bond motifs is 1. The van der Waals surface area contributed by atoms with E-state index in [1.165, 1.54) is 6.07 Å². The van der Waals surface area contributed by atoms with Gasteiger partial charge in [0.25, 0.3) is 0 Å². The Balaban J connectivity index is 0.00000289. The van der Waals surface area contributed by atoms with Crippen molar-refractivity contribution in [2.75, 3.05) is 20.1 Å². The molecule has 0 radical (unpaired) electrons. The standard InChI is InChI=1S/C24H28FN5O.HI/c1-26-24(27-11-10-18-15-28-22-9-8-20(25)13-21(18)22)29-14-17-5-2-3-6-19(17)16-30-12-4-7-23(30)31;/h2-3,5-6,8-9,13,15,28H,4,7,10-12,14,16H2,1H3,(H2,26,27,29);1H. The number of aliphatic imine (C=N–C) groups is 1. The molecule has 0 bridgehead atoms. The predicted molar refractivity (Wildman–Crippen MR) is 137 cm³/mol. The molecule has 1 amide bonds. The Bertz CT molecular complexity index is 1100. The first kappa shape index (κ1) is 24.0. The zero-order valence-corrected chi connectivity index (χ0v) is 20.5. The number of guanidine groups is 1. The highest BCUT2D eigenvalue weighted by Gasteiger charge is 2.20. The Kier molecular flexibility index (Phi) is 8.49. The van der Waals surface area contributed by atoms with Crippen LogP contribution in [0.2, 0.25) is 0 Å². The molecule has 1 fully saturated rings. The average molecular weight is 549 g/mol. The van der Waals surface area contributed by atoms with Crippen molar-refractivity contribution in [1.29, 1.82) is 0 Å². The number of aromatic amines is 1. The van der Waals surface area contributed by atoms with Crippen LogP contribution in [0.1, 0.15) is 29.5 Å². The quantitative estimate of drug-likeness (QED) is 0.238. The highest BCUT2D eigenvalue weighted by atomic mass is 127. The highest BCUT2D eigenvalue weighted by Crippen LogP contribution is 2.20. The van der Waals surface area contributed by atoms with Gasteiger partial charge in [0.15, 0.2) is 5.96 Å². The summed E-state index contributed by atoms with van der Waals surface area (Å²) in [5.41, 5.74) is 4.31. The van der Waals surface area contributed by atoms with Gasteiger partial charge in [-0.25, -0.2) is 4.39 Å². The third-order valence-electron chi connectivity index (χ3n) is 5.74. The minimum absolute atomic E-state index is 0. The lowest BCUT2D eigenvalue weighted by atomic mass is 10.1. The normalized spacial score (nSPS) is 14.0. The third-order valence-corrected chi connectivity index (χ3v) is 5.74. The molecule has 1 aromatic heterocycles. The number of benzene rings is 2. The molecule has 6 nitrogen and oxygen atoms in total. The Morgan fingerprint density at radius 2 is 1.97 bits per heavy atom. The molecule has 1 aliphatic rings. The molecule has 4 rings (SSSR count). The van der Waals surface area contributed by atoms with Crippen LogP contribution in [0.5, 0.6) is 0 Å². The van der Waals surface area contributed by atoms with Crippen molar-refractivity contribution >= 4 is 46.7 Å². The molecule has 8 heteroatoms. The summed E-state index contributed by atoms with van der Waals surface area (Å²) in [4.78, 5) is 21.4. The first-order chi connectivity index (χ1) is 15.1. The van der Waals surface area contributed by atoms with Gasteiger partial charge in [-0.05, 0) is 47.7 Å². The van der Waals surface area contributed by atoms with E-state index in [1.54, 1.807) is 19.2 Å². The van der Waals surface area contributed by atoms with E-state index < -0.39 is 0 Å². The van der Waals surface area contributed by atoms with Crippen molar-refractivity contribution in [1.82, 2.24) is 20.5 Å². The van der Waals surface area contributed by atoms with E-state index >= 15 is 0 Å². The molecule has 0 spiro atoms. The van der Waals surface area contributed by atoms with Gasteiger partial charge in [-0.2, -0.15) is 0 Å². The second-order valence-electron chi connectivity index (χ2n) is 7.79. The van der Waals surface area contributed by atoms with E-state index in [0.29, 0.717) is 32.0 Å². The van der Waals surface area contributed by atoms with Gasteiger partial charge < -0.3 is 20.5 Å². The van der Waals surface area contributed by atoms with Crippen molar-refractivity contribution in [3.05, 3.63) is 71.2 Å². The summed E-state index contributed by atoms with van der Waals surface area (Å²) in [5.74, 6) is 0.712. The van der Waals surface area contributed by atoms with E-state index in [0.717, 1.165) is 47.0 Å². The number of halogens is 2. The third kappa shape index (κ3) is 5.79. The molecule has 3 aromatic rings. The predicted octanol–water partition coefficient (Wildman–Crippen LogP) is 3.96. The molecule has 0 unspecified atom stereocenters. The number of likely N-dealkylation sites (tertiary alicyclic amines) is 1. The highest BCUT2D eigenvalue weighted by molar-refractivity contribution is 14.0. The maximum atomic E-state index is 13.6. The minimum atomic E-state index is -0.229. The Hall–Kier alpha value is -2.62. The molecule has 0 atom stereocenters. The molecule has 1 saturated heterocycles. The maximum Gasteiger partial charge on any atom is 0.222 e. The molecule has 2 heterocycles. The van der Waals surface area contributed by atoms with Crippen molar-refractivity contribution in [3.63, 3.8) is 0 Å². The molecule has 0 aliphatic carbocycles. The summed E-state index contributed by atoms with van der Waals surface area (Å²) in [5, 5.41) is 7.59. The maximum absolute atomic E-state index is 13.6. The second kappa shape index (κ2) is 11.3. The van der Waals surface area contributed by atoms with E-state index in [-0.39, 0.29) is 35.7 Å². The van der Waals surface area contributed by atoms with Crippen LogP contribution in [0.15, 0.2) is 53.7 Å². The summed E-state index contributed by atoms with van der Waals surface area (Å²) in [7, 11) is 1.74. The van der Waals surface area contributed by atoms with E-state index in [4.69, 9.17) is 0 Å². The molecule has 170 valence electrons. The number of rotatable bonds is 7.